The maximum Gasteiger partial charge on any atom is 0.123 e. The van der Waals surface area contributed by atoms with Crippen molar-refractivity contribution in [3.63, 3.8) is 0 Å². The van der Waals surface area contributed by atoms with E-state index < -0.39 is 0 Å². The van der Waals surface area contributed by atoms with E-state index in [-0.39, 0.29) is 17.5 Å². The quantitative estimate of drug-likeness (QED) is 0.796. The van der Waals surface area contributed by atoms with Crippen LogP contribution in [-0.2, 0) is 4.74 Å². The Balaban J connectivity index is 2.30. The van der Waals surface area contributed by atoms with Gasteiger partial charge < -0.3 is 10.1 Å². The van der Waals surface area contributed by atoms with Crippen molar-refractivity contribution in [2.24, 2.45) is 0 Å². The molecule has 0 saturated heterocycles. The third-order valence-electron chi connectivity index (χ3n) is 2.46. The molecule has 1 atom stereocenters. The van der Waals surface area contributed by atoms with E-state index in [0.717, 1.165) is 12.1 Å². The van der Waals surface area contributed by atoms with Crippen molar-refractivity contribution in [2.75, 3.05) is 13.2 Å². The molecule has 17 heavy (non-hydrogen) atoms. The zero-order valence-electron chi connectivity index (χ0n) is 11.1. The Morgan fingerprint density at radius 2 is 1.82 bits per heavy atom. The highest BCUT2D eigenvalue weighted by Gasteiger charge is 2.10. The van der Waals surface area contributed by atoms with Crippen LogP contribution < -0.4 is 5.32 Å². The predicted octanol–water partition coefficient (Wildman–Crippen LogP) is 3.29. The van der Waals surface area contributed by atoms with Gasteiger partial charge in [0.1, 0.15) is 5.82 Å². The Bertz CT molecular complexity index is 329. The lowest BCUT2D eigenvalue weighted by Crippen LogP contribution is -2.28. The average Bonchev–Trinajstić information content (AvgIpc) is 2.24. The van der Waals surface area contributed by atoms with Crippen LogP contribution in [0.1, 0.15) is 39.3 Å². The summed E-state index contributed by atoms with van der Waals surface area (Å²) in [5, 5.41) is 3.34. The first-order valence-corrected chi connectivity index (χ1v) is 6.01. The van der Waals surface area contributed by atoms with Crippen LogP contribution >= 0.6 is 0 Å². The molecule has 3 heteroatoms. The number of ether oxygens (including phenoxy) is 1. The minimum Gasteiger partial charge on any atom is -0.375 e. The second-order valence-corrected chi connectivity index (χ2v) is 5.19. The van der Waals surface area contributed by atoms with Crippen LogP contribution in [0.25, 0.3) is 0 Å². The Morgan fingerprint density at radius 1 is 1.24 bits per heavy atom. The van der Waals surface area contributed by atoms with E-state index in [0.29, 0.717) is 6.61 Å². The van der Waals surface area contributed by atoms with Gasteiger partial charge in [-0.15, -0.1) is 0 Å². The van der Waals surface area contributed by atoms with Crippen molar-refractivity contribution in [1.82, 2.24) is 5.32 Å². The molecule has 1 aromatic rings. The number of benzene rings is 1. The first-order valence-electron chi connectivity index (χ1n) is 6.01. The Kier molecular flexibility index (Phi) is 5.09. The molecule has 0 aromatic heterocycles. The van der Waals surface area contributed by atoms with Crippen LogP contribution in [0.2, 0.25) is 0 Å². The molecule has 0 amide bonds. The molecule has 0 saturated carbocycles. The Hall–Kier alpha value is -0.930. The third-order valence-corrected chi connectivity index (χ3v) is 2.46. The lowest BCUT2D eigenvalue weighted by Gasteiger charge is -2.21. The molecule has 0 bridgehead atoms. The fourth-order valence-corrected chi connectivity index (χ4v) is 1.50. The van der Waals surface area contributed by atoms with Gasteiger partial charge in [0.05, 0.1) is 12.2 Å². The number of rotatable bonds is 5. The molecule has 0 fully saturated rings. The molecule has 0 aliphatic heterocycles. The summed E-state index contributed by atoms with van der Waals surface area (Å²) in [5.41, 5.74) is 0.989. The molecular formula is C14H22FNO. The first-order chi connectivity index (χ1) is 7.88. The highest BCUT2D eigenvalue weighted by atomic mass is 19.1. The average molecular weight is 239 g/mol. The summed E-state index contributed by atoms with van der Waals surface area (Å²) in [5.74, 6) is -0.197. The fraction of sp³-hybridized carbons (Fsp3) is 0.571. The van der Waals surface area contributed by atoms with Crippen molar-refractivity contribution in [3.8, 4) is 0 Å². The molecule has 0 aliphatic rings. The second kappa shape index (κ2) is 6.12. The van der Waals surface area contributed by atoms with Gasteiger partial charge in [0.15, 0.2) is 0 Å². The van der Waals surface area contributed by atoms with Gasteiger partial charge in [-0.05, 0) is 45.4 Å². The smallest absolute Gasteiger partial charge is 0.123 e. The fourth-order valence-electron chi connectivity index (χ4n) is 1.50. The maximum atomic E-state index is 12.7. The van der Waals surface area contributed by atoms with E-state index in [9.17, 15) is 4.39 Å². The molecular weight excluding hydrogens is 217 g/mol. The normalized spacial score (nSPS) is 13.7. The van der Waals surface area contributed by atoms with Crippen molar-refractivity contribution < 1.29 is 9.13 Å². The first kappa shape index (κ1) is 14.1. The summed E-state index contributed by atoms with van der Waals surface area (Å²) in [6.07, 6.45) is 0. The SMILES string of the molecule is C[C@@H](NCCOC(C)(C)C)c1ccc(F)cc1. The zero-order valence-corrected chi connectivity index (χ0v) is 11.1. The molecule has 1 N–H and O–H groups in total. The highest BCUT2D eigenvalue weighted by molar-refractivity contribution is 5.19. The molecule has 0 radical (unpaired) electrons. The maximum absolute atomic E-state index is 12.7. The summed E-state index contributed by atoms with van der Waals surface area (Å²) in [4.78, 5) is 0. The van der Waals surface area contributed by atoms with E-state index in [1.807, 2.05) is 20.8 Å². The number of hydrogen-bond acceptors (Lipinski definition) is 2. The van der Waals surface area contributed by atoms with E-state index in [4.69, 9.17) is 4.74 Å². The largest absolute Gasteiger partial charge is 0.375 e. The van der Waals surface area contributed by atoms with Crippen LogP contribution in [0, 0.1) is 5.82 Å². The molecule has 1 aromatic carbocycles. The molecule has 0 aliphatic carbocycles. The van der Waals surface area contributed by atoms with E-state index in [2.05, 4.69) is 12.2 Å². The molecule has 0 spiro atoms. The Labute approximate surface area is 103 Å². The van der Waals surface area contributed by atoms with Gasteiger partial charge >= 0.3 is 0 Å². The predicted molar refractivity (Wildman–Crippen MR) is 68.5 cm³/mol. The van der Waals surface area contributed by atoms with Crippen LogP contribution in [0.3, 0.4) is 0 Å². The summed E-state index contributed by atoms with van der Waals surface area (Å²) < 4.78 is 18.4. The minimum atomic E-state index is -0.197. The van der Waals surface area contributed by atoms with Gasteiger partial charge in [-0.1, -0.05) is 12.1 Å². The van der Waals surface area contributed by atoms with Gasteiger partial charge in [-0.2, -0.15) is 0 Å². The monoisotopic (exact) mass is 239 g/mol. The number of nitrogens with one attached hydrogen (secondary N) is 1. The van der Waals surface area contributed by atoms with Crippen molar-refractivity contribution in [2.45, 2.75) is 39.3 Å². The van der Waals surface area contributed by atoms with Gasteiger partial charge in [0.25, 0.3) is 0 Å². The molecule has 1 rings (SSSR count). The summed E-state index contributed by atoms with van der Waals surface area (Å²) in [7, 11) is 0. The molecule has 0 heterocycles. The molecule has 0 unspecified atom stereocenters. The topological polar surface area (TPSA) is 21.3 Å². The van der Waals surface area contributed by atoms with Gasteiger partial charge in [-0.3, -0.25) is 0 Å². The molecule has 96 valence electrons. The number of halogens is 1. The van der Waals surface area contributed by atoms with Crippen molar-refractivity contribution in [1.29, 1.82) is 0 Å². The van der Waals surface area contributed by atoms with Gasteiger partial charge in [0, 0.05) is 12.6 Å². The zero-order chi connectivity index (χ0) is 12.9. The summed E-state index contributed by atoms with van der Waals surface area (Å²) in [6, 6.07) is 6.78. The second-order valence-electron chi connectivity index (χ2n) is 5.19. The number of hydrogen-bond donors (Lipinski definition) is 1. The van der Waals surface area contributed by atoms with Gasteiger partial charge in [0.2, 0.25) is 0 Å². The van der Waals surface area contributed by atoms with Crippen molar-refractivity contribution in [3.05, 3.63) is 35.6 Å². The van der Waals surface area contributed by atoms with Gasteiger partial charge in [-0.25, -0.2) is 4.39 Å². The lowest BCUT2D eigenvalue weighted by molar-refractivity contribution is -0.00149. The van der Waals surface area contributed by atoms with E-state index in [1.54, 1.807) is 12.1 Å². The van der Waals surface area contributed by atoms with Crippen LogP contribution in [0.15, 0.2) is 24.3 Å². The van der Waals surface area contributed by atoms with Crippen LogP contribution in [-0.4, -0.2) is 18.8 Å². The summed E-state index contributed by atoms with van der Waals surface area (Å²) in [6.45, 7) is 9.64. The van der Waals surface area contributed by atoms with E-state index in [1.165, 1.54) is 12.1 Å². The van der Waals surface area contributed by atoms with Crippen molar-refractivity contribution >= 4 is 0 Å². The van der Waals surface area contributed by atoms with Crippen LogP contribution in [0.5, 0.6) is 0 Å². The molecule has 2 nitrogen and oxygen atoms in total. The standard InChI is InChI=1S/C14H22FNO/c1-11(12-5-7-13(15)8-6-12)16-9-10-17-14(2,3)4/h5-8,11,16H,9-10H2,1-4H3/t11-/m1/s1. The Morgan fingerprint density at radius 3 is 2.35 bits per heavy atom. The highest BCUT2D eigenvalue weighted by Crippen LogP contribution is 2.12. The minimum absolute atomic E-state index is 0.0964. The third kappa shape index (κ3) is 5.80. The van der Waals surface area contributed by atoms with Crippen LogP contribution in [0.4, 0.5) is 4.39 Å². The lowest BCUT2D eigenvalue weighted by atomic mass is 10.1. The van der Waals surface area contributed by atoms with E-state index >= 15 is 0 Å². The summed E-state index contributed by atoms with van der Waals surface area (Å²) >= 11 is 0.